The number of nitrogen functional groups attached to an aromatic ring is 1. The molecule has 0 bridgehead atoms. The average Bonchev–Trinajstić information content (AvgIpc) is 2.40. The minimum atomic E-state index is 0.0819. The van der Waals surface area contributed by atoms with E-state index in [-0.39, 0.29) is 5.84 Å². The third-order valence-corrected chi connectivity index (χ3v) is 2.73. The van der Waals surface area contributed by atoms with E-state index in [2.05, 4.69) is 4.98 Å². The molecule has 0 spiro atoms. The van der Waals surface area contributed by atoms with Crippen LogP contribution in [-0.2, 0) is 6.54 Å². The van der Waals surface area contributed by atoms with E-state index in [4.69, 9.17) is 11.1 Å². The zero-order valence-electron chi connectivity index (χ0n) is 10.3. The topological polar surface area (TPSA) is 66.0 Å². The molecule has 4 heteroatoms. The van der Waals surface area contributed by atoms with Crippen LogP contribution in [0.3, 0.4) is 0 Å². The van der Waals surface area contributed by atoms with Crippen LogP contribution in [0.1, 0.15) is 11.3 Å². The van der Waals surface area contributed by atoms with Crippen molar-refractivity contribution in [1.82, 2.24) is 4.98 Å². The van der Waals surface area contributed by atoms with E-state index >= 15 is 0 Å². The largest absolute Gasteiger partial charge is 0.384 e. The summed E-state index contributed by atoms with van der Waals surface area (Å²) in [5, 5.41) is 7.58. The molecule has 2 rings (SSSR count). The highest BCUT2D eigenvalue weighted by atomic mass is 15.1. The summed E-state index contributed by atoms with van der Waals surface area (Å²) in [6, 6.07) is 13.5. The number of anilines is 1. The third kappa shape index (κ3) is 2.66. The summed E-state index contributed by atoms with van der Waals surface area (Å²) < 4.78 is 0. The van der Waals surface area contributed by atoms with Gasteiger partial charge >= 0.3 is 0 Å². The van der Waals surface area contributed by atoms with E-state index in [1.165, 1.54) is 0 Å². The maximum atomic E-state index is 7.58. The van der Waals surface area contributed by atoms with Crippen LogP contribution in [-0.4, -0.2) is 17.9 Å². The van der Waals surface area contributed by atoms with Crippen molar-refractivity contribution < 1.29 is 0 Å². The lowest BCUT2D eigenvalue weighted by Crippen LogP contribution is -2.22. The Morgan fingerprint density at radius 3 is 2.61 bits per heavy atom. The van der Waals surface area contributed by atoms with Crippen molar-refractivity contribution in [3.8, 4) is 0 Å². The number of hydrogen-bond acceptors (Lipinski definition) is 3. The Hall–Kier alpha value is -2.36. The predicted molar refractivity (Wildman–Crippen MR) is 73.8 cm³/mol. The number of pyridine rings is 1. The zero-order chi connectivity index (χ0) is 13.0. The molecule has 2 aromatic rings. The van der Waals surface area contributed by atoms with Gasteiger partial charge in [0.1, 0.15) is 5.84 Å². The van der Waals surface area contributed by atoms with Crippen LogP contribution in [0.25, 0.3) is 0 Å². The van der Waals surface area contributed by atoms with Crippen molar-refractivity contribution in [3.05, 3.63) is 59.9 Å². The van der Waals surface area contributed by atoms with Crippen LogP contribution in [0.15, 0.2) is 48.7 Å². The molecular formula is C14H16N4. The fraction of sp³-hybridized carbons (Fsp3) is 0.143. The molecule has 0 aliphatic rings. The summed E-state index contributed by atoms with van der Waals surface area (Å²) in [5.74, 6) is 0.0819. The smallest absolute Gasteiger partial charge is 0.124 e. The second-order valence-electron chi connectivity index (χ2n) is 4.11. The molecule has 1 aromatic carbocycles. The number of rotatable bonds is 4. The molecule has 0 saturated heterocycles. The first-order chi connectivity index (χ1) is 8.68. The van der Waals surface area contributed by atoms with Gasteiger partial charge in [-0.05, 0) is 24.3 Å². The van der Waals surface area contributed by atoms with Crippen LogP contribution >= 0.6 is 0 Å². The van der Waals surface area contributed by atoms with Gasteiger partial charge in [-0.15, -0.1) is 0 Å². The number of para-hydroxylation sites is 1. The molecule has 0 radical (unpaired) electrons. The Bertz CT molecular complexity index is 537. The Morgan fingerprint density at radius 2 is 1.94 bits per heavy atom. The van der Waals surface area contributed by atoms with E-state index in [1.807, 2.05) is 54.4 Å². The lowest BCUT2D eigenvalue weighted by molar-refractivity contribution is 0.884. The van der Waals surface area contributed by atoms with Gasteiger partial charge in [-0.1, -0.05) is 18.2 Å². The number of nitrogens with one attached hydrogen (secondary N) is 1. The van der Waals surface area contributed by atoms with Crippen LogP contribution < -0.4 is 10.6 Å². The van der Waals surface area contributed by atoms with Crippen molar-refractivity contribution in [2.45, 2.75) is 6.54 Å². The second kappa shape index (κ2) is 5.31. The number of nitrogens with two attached hydrogens (primary N) is 1. The maximum Gasteiger partial charge on any atom is 0.124 e. The van der Waals surface area contributed by atoms with E-state index in [0.29, 0.717) is 6.54 Å². The van der Waals surface area contributed by atoms with Gasteiger partial charge in [0.05, 0.1) is 12.2 Å². The molecule has 0 unspecified atom stereocenters. The van der Waals surface area contributed by atoms with Gasteiger partial charge in [0.15, 0.2) is 0 Å². The van der Waals surface area contributed by atoms with Gasteiger partial charge in [-0.2, -0.15) is 0 Å². The average molecular weight is 240 g/mol. The highest BCUT2D eigenvalue weighted by molar-refractivity contribution is 6.00. The first-order valence-corrected chi connectivity index (χ1v) is 5.73. The van der Waals surface area contributed by atoms with Crippen LogP contribution in [0.2, 0.25) is 0 Å². The molecule has 0 amide bonds. The number of benzene rings is 1. The summed E-state index contributed by atoms with van der Waals surface area (Å²) in [6.07, 6.45) is 1.78. The number of hydrogen-bond donors (Lipinski definition) is 2. The maximum absolute atomic E-state index is 7.58. The van der Waals surface area contributed by atoms with Crippen molar-refractivity contribution in [2.24, 2.45) is 5.73 Å². The molecule has 1 aromatic heterocycles. The zero-order valence-corrected chi connectivity index (χ0v) is 10.3. The summed E-state index contributed by atoms with van der Waals surface area (Å²) in [4.78, 5) is 6.33. The van der Waals surface area contributed by atoms with Crippen molar-refractivity contribution in [1.29, 1.82) is 5.41 Å². The first-order valence-electron chi connectivity index (χ1n) is 5.73. The van der Waals surface area contributed by atoms with Crippen molar-refractivity contribution in [3.63, 3.8) is 0 Å². The van der Waals surface area contributed by atoms with E-state index < -0.39 is 0 Å². The summed E-state index contributed by atoms with van der Waals surface area (Å²) in [7, 11) is 1.97. The van der Waals surface area contributed by atoms with E-state index in [0.717, 1.165) is 16.9 Å². The Labute approximate surface area is 107 Å². The SMILES string of the molecule is CN(Cc1ccccn1)c1ccccc1C(=N)N. The molecule has 4 nitrogen and oxygen atoms in total. The normalized spacial score (nSPS) is 10.1. The number of amidine groups is 1. The molecule has 0 saturated carbocycles. The van der Waals surface area contributed by atoms with Crippen LogP contribution in [0, 0.1) is 5.41 Å². The van der Waals surface area contributed by atoms with Crippen molar-refractivity contribution in [2.75, 3.05) is 11.9 Å². The standard InChI is InChI=1S/C14H16N4/c1-18(10-11-6-4-5-9-17-11)13-8-3-2-7-12(13)14(15)16/h2-9H,10H2,1H3,(H3,15,16). The van der Waals surface area contributed by atoms with Gasteiger partial charge in [-0.25, -0.2) is 0 Å². The molecular weight excluding hydrogens is 224 g/mol. The monoisotopic (exact) mass is 240 g/mol. The molecule has 3 N–H and O–H groups in total. The lowest BCUT2D eigenvalue weighted by atomic mass is 10.1. The van der Waals surface area contributed by atoms with Crippen molar-refractivity contribution >= 4 is 11.5 Å². The fourth-order valence-electron chi connectivity index (χ4n) is 1.85. The second-order valence-corrected chi connectivity index (χ2v) is 4.11. The summed E-state index contributed by atoms with van der Waals surface area (Å²) in [6.45, 7) is 0.686. The summed E-state index contributed by atoms with van der Waals surface area (Å²) >= 11 is 0. The molecule has 0 fully saturated rings. The third-order valence-electron chi connectivity index (χ3n) is 2.73. The molecule has 0 atom stereocenters. The van der Waals surface area contributed by atoms with Gasteiger partial charge < -0.3 is 10.6 Å². The molecule has 0 aliphatic carbocycles. The number of nitrogens with zero attached hydrogens (tertiary/aromatic N) is 2. The minimum absolute atomic E-state index is 0.0819. The summed E-state index contributed by atoms with van der Waals surface area (Å²) in [5.41, 5.74) is 8.26. The Kier molecular flexibility index (Phi) is 3.57. The van der Waals surface area contributed by atoms with Gasteiger partial charge in [0.2, 0.25) is 0 Å². The minimum Gasteiger partial charge on any atom is -0.384 e. The van der Waals surface area contributed by atoms with Gasteiger partial charge in [-0.3, -0.25) is 10.4 Å². The predicted octanol–water partition coefficient (Wildman–Crippen LogP) is 2.00. The van der Waals surface area contributed by atoms with Gasteiger partial charge in [0.25, 0.3) is 0 Å². The Morgan fingerprint density at radius 1 is 1.22 bits per heavy atom. The first kappa shape index (κ1) is 12.1. The quantitative estimate of drug-likeness (QED) is 0.634. The Balaban J connectivity index is 2.24. The number of aromatic nitrogens is 1. The lowest BCUT2D eigenvalue weighted by Gasteiger charge is -2.21. The fourth-order valence-corrected chi connectivity index (χ4v) is 1.85. The van der Waals surface area contributed by atoms with E-state index in [9.17, 15) is 0 Å². The highest BCUT2D eigenvalue weighted by Crippen LogP contribution is 2.19. The van der Waals surface area contributed by atoms with Gasteiger partial charge in [0, 0.05) is 24.5 Å². The molecule has 18 heavy (non-hydrogen) atoms. The highest BCUT2D eigenvalue weighted by Gasteiger charge is 2.09. The molecule has 0 aliphatic heterocycles. The molecule has 1 heterocycles. The van der Waals surface area contributed by atoms with E-state index in [1.54, 1.807) is 6.20 Å². The van der Waals surface area contributed by atoms with Crippen LogP contribution in [0.5, 0.6) is 0 Å². The van der Waals surface area contributed by atoms with Crippen LogP contribution in [0.4, 0.5) is 5.69 Å². The molecule has 92 valence electrons.